The Bertz CT molecular complexity index is 856. The van der Waals surface area contributed by atoms with Crippen molar-refractivity contribution in [3.63, 3.8) is 0 Å². The molecular weight excluding hydrogens is 362 g/mol. The highest BCUT2D eigenvalue weighted by Crippen LogP contribution is 2.25. The van der Waals surface area contributed by atoms with Crippen molar-refractivity contribution < 1.29 is 28.6 Å². The van der Waals surface area contributed by atoms with Gasteiger partial charge in [0.15, 0.2) is 6.61 Å². The van der Waals surface area contributed by atoms with Gasteiger partial charge >= 0.3 is 5.97 Å². The van der Waals surface area contributed by atoms with Crippen molar-refractivity contribution in [1.29, 1.82) is 0 Å². The minimum atomic E-state index is -0.791. The number of carbonyl (C=O) groups excluding carboxylic acids is 2. The lowest BCUT2D eigenvalue weighted by Crippen LogP contribution is -2.34. The molecule has 0 radical (unpaired) electrons. The number of ether oxygens (including phenoxy) is 2. The van der Waals surface area contributed by atoms with Crippen LogP contribution in [0, 0.1) is 0 Å². The lowest BCUT2D eigenvalue weighted by Gasteiger charge is -2.27. The van der Waals surface area contributed by atoms with Crippen LogP contribution in [0.3, 0.4) is 0 Å². The van der Waals surface area contributed by atoms with E-state index in [1.807, 2.05) is 6.08 Å². The molecule has 1 N–H and O–H groups in total. The van der Waals surface area contributed by atoms with Crippen molar-refractivity contribution in [1.82, 2.24) is 4.90 Å². The van der Waals surface area contributed by atoms with Crippen LogP contribution in [-0.4, -0.2) is 35.6 Å². The van der Waals surface area contributed by atoms with E-state index in [1.54, 1.807) is 23.3 Å². The zero-order valence-electron chi connectivity index (χ0n) is 15.7. The number of hydrogen-bond acceptors (Lipinski definition) is 6. The van der Waals surface area contributed by atoms with E-state index in [-0.39, 0.29) is 23.8 Å². The fourth-order valence-electron chi connectivity index (χ4n) is 3.06. The second-order valence-electron chi connectivity index (χ2n) is 6.46. The van der Waals surface area contributed by atoms with Crippen LogP contribution >= 0.6 is 0 Å². The third-order valence-corrected chi connectivity index (χ3v) is 4.56. The number of methoxy groups -OCH3 is 1. The average molecular weight is 385 g/mol. The lowest BCUT2D eigenvalue weighted by molar-refractivity contribution is -0.133. The van der Waals surface area contributed by atoms with E-state index in [0.29, 0.717) is 11.5 Å². The van der Waals surface area contributed by atoms with Crippen LogP contribution < -0.4 is 4.74 Å². The van der Waals surface area contributed by atoms with Crippen molar-refractivity contribution in [3.05, 3.63) is 59.7 Å². The number of amides is 1. The second-order valence-corrected chi connectivity index (χ2v) is 6.46. The molecule has 0 spiro atoms. The van der Waals surface area contributed by atoms with Crippen molar-refractivity contribution in [3.8, 4) is 11.5 Å². The predicted octanol–water partition coefficient (Wildman–Crippen LogP) is 3.64. The zero-order valence-corrected chi connectivity index (χ0v) is 15.7. The monoisotopic (exact) mass is 385 g/mol. The maximum absolute atomic E-state index is 12.8. The first kappa shape index (κ1) is 19.5. The van der Waals surface area contributed by atoms with Gasteiger partial charge < -0.3 is 23.9 Å². The summed E-state index contributed by atoms with van der Waals surface area (Å²) in [6, 6.07) is 7.79. The highest BCUT2D eigenvalue weighted by atomic mass is 16.5. The van der Waals surface area contributed by atoms with Gasteiger partial charge in [0.2, 0.25) is 0 Å². The molecule has 1 amide bonds. The number of furan rings is 1. The van der Waals surface area contributed by atoms with Crippen LogP contribution in [-0.2, 0) is 16.1 Å². The summed E-state index contributed by atoms with van der Waals surface area (Å²) in [5.41, 5.74) is 0.856. The molecule has 1 aromatic heterocycles. The number of rotatable bonds is 7. The molecule has 3 rings (SSSR count). The standard InChI is InChI=1S/C21H23NO6/c1-26-16-9-10-19(23)18(12-16)21(25)28-14-20(24)22(13-17-8-5-11-27-17)15-6-3-2-4-7-15/h5-6,8-12,23H,2-4,7,13-14H2,1H3. The first-order chi connectivity index (χ1) is 13.6. The molecule has 1 aromatic carbocycles. The van der Waals surface area contributed by atoms with Gasteiger partial charge in [-0.2, -0.15) is 0 Å². The Kier molecular flexibility index (Phi) is 6.37. The molecule has 28 heavy (non-hydrogen) atoms. The molecule has 0 unspecified atom stereocenters. The third kappa shape index (κ3) is 4.73. The molecule has 0 aliphatic heterocycles. The Balaban J connectivity index is 1.69. The van der Waals surface area contributed by atoms with E-state index in [0.717, 1.165) is 31.4 Å². The predicted molar refractivity (Wildman–Crippen MR) is 101 cm³/mol. The van der Waals surface area contributed by atoms with Crippen LogP contribution in [0.15, 0.2) is 52.8 Å². The van der Waals surface area contributed by atoms with Crippen LogP contribution in [0.5, 0.6) is 11.5 Å². The summed E-state index contributed by atoms with van der Waals surface area (Å²) in [5, 5.41) is 9.88. The number of aromatic hydroxyl groups is 1. The van der Waals surface area contributed by atoms with E-state index in [4.69, 9.17) is 13.9 Å². The molecule has 7 heteroatoms. The van der Waals surface area contributed by atoms with Crippen molar-refractivity contribution in [2.75, 3.05) is 13.7 Å². The van der Waals surface area contributed by atoms with Gasteiger partial charge in [0, 0.05) is 5.70 Å². The van der Waals surface area contributed by atoms with E-state index < -0.39 is 12.6 Å². The molecule has 2 aromatic rings. The SMILES string of the molecule is COc1ccc(O)c(C(=O)OCC(=O)N(Cc2ccco2)C2=CCCCC2)c1. The number of phenolic OH excluding ortho intramolecular Hbond substituents is 1. The number of benzene rings is 1. The Morgan fingerprint density at radius 1 is 1.25 bits per heavy atom. The number of carbonyl (C=O) groups is 2. The first-order valence-corrected chi connectivity index (χ1v) is 9.14. The minimum absolute atomic E-state index is 0.0541. The molecular formula is C21H23NO6. The minimum Gasteiger partial charge on any atom is -0.507 e. The number of phenols is 1. The highest BCUT2D eigenvalue weighted by Gasteiger charge is 2.23. The molecule has 148 valence electrons. The average Bonchev–Trinajstić information content (AvgIpc) is 3.24. The van der Waals surface area contributed by atoms with E-state index >= 15 is 0 Å². The summed E-state index contributed by atoms with van der Waals surface area (Å²) in [4.78, 5) is 26.7. The topological polar surface area (TPSA) is 89.2 Å². The quantitative estimate of drug-likeness (QED) is 0.732. The first-order valence-electron chi connectivity index (χ1n) is 9.14. The molecule has 0 atom stereocenters. The highest BCUT2D eigenvalue weighted by molar-refractivity contribution is 5.94. The van der Waals surface area contributed by atoms with E-state index in [9.17, 15) is 14.7 Å². The molecule has 1 aliphatic rings. The largest absolute Gasteiger partial charge is 0.507 e. The van der Waals surface area contributed by atoms with E-state index in [2.05, 4.69) is 0 Å². The molecule has 1 aliphatic carbocycles. The van der Waals surface area contributed by atoms with Crippen molar-refractivity contribution in [2.24, 2.45) is 0 Å². The summed E-state index contributed by atoms with van der Waals surface area (Å²) in [6.45, 7) is -0.160. The molecule has 0 saturated heterocycles. The smallest absolute Gasteiger partial charge is 0.342 e. The molecule has 1 heterocycles. The van der Waals surface area contributed by atoms with Crippen LogP contribution in [0.4, 0.5) is 0 Å². The number of esters is 1. The normalized spacial score (nSPS) is 13.5. The van der Waals surface area contributed by atoms with Gasteiger partial charge in [-0.25, -0.2) is 4.79 Å². The van der Waals surface area contributed by atoms with E-state index in [1.165, 1.54) is 25.3 Å². The van der Waals surface area contributed by atoms with Gasteiger partial charge in [-0.1, -0.05) is 6.08 Å². The second kappa shape index (κ2) is 9.12. The zero-order chi connectivity index (χ0) is 19.9. The van der Waals surface area contributed by atoms with Crippen molar-refractivity contribution >= 4 is 11.9 Å². The number of allylic oxidation sites excluding steroid dienone is 2. The van der Waals surface area contributed by atoms with Crippen LogP contribution in [0.2, 0.25) is 0 Å². The maximum atomic E-state index is 12.8. The Hall–Kier alpha value is -3.22. The fourth-order valence-corrected chi connectivity index (χ4v) is 3.06. The summed E-state index contributed by atoms with van der Waals surface area (Å²) in [7, 11) is 1.45. The molecule has 0 fully saturated rings. The Labute approximate surface area is 163 Å². The van der Waals surface area contributed by atoms with Crippen LogP contribution in [0.25, 0.3) is 0 Å². The third-order valence-electron chi connectivity index (χ3n) is 4.56. The van der Waals surface area contributed by atoms with Crippen molar-refractivity contribution in [2.45, 2.75) is 32.2 Å². The molecule has 0 saturated carbocycles. The van der Waals surface area contributed by atoms with Gasteiger partial charge in [0.05, 0.1) is 19.9 Å². The maximum Gasteiger partial charge on any atom is 0.342 e. The fraction of sp³-hybridized carbons (Fsp3) is 0.333. The number of hydrogen-bond donors (Lipinski definition) is 1. The summed E-state index contributed by atoms with van der Waals surface area (Å²) < 4.78 is 15.6. The lowest BCUT2D eigenvalue weighted by atomic mass is 10.0. The number of nitrogens with zero attached hydrogens (tertiary/aromatic N) is 1. The van der Waals surface area contributed by atoms with Gasteiger partial charge in [0.25, 0.3) is 5.91 Å². The molecule has 7 nitrogen and oxygen atoms in total. The molecule has 0 bridgehead atoms. The van der Waals surface area contributed by atoms with Gasteiger partial charge in [-0.05, 0) is 56.0 Å². The van der Waals surface area contributed by atoms with Gasteiger partial charge in [0.1, 0.15) is 22.8 Å². The Morgan fingerprint density at radius 3 is 2.79 bits per heavy atom. The van der Waals surface area contributed by atoms with Crippen LogP contribution in [0.1, 0.15) is 41.8 Å². The summed E-state index contributed by atoms with van der Waals surface area (Å²) >= 11 is 0. The van der Waals surface area contributed by atoms with Gasteiger partial charge in [-0.15, -0.1) is 0 Å². The summed E-state index contributed by atoms with van der Waals surface area (Å²) in [6.07, 6.45) is 7.40. The Morgan fingerprint density at radius 2 is 2.11 bits per heavy atom. The summed E-state index contributed by atoms with van der Waals surface area (Å²) in [5.74, 6) is -0.319. The van der Waals surface area contributed by atoms with Gasteiger partial charge in [-0.3, -0.25) is 4.79 Å².